The molecule has 6 rings (SSSR count). The number of hydrogen-bond acceptors (Lipinski definition) is 11. The molecule has 2 atom stereocenters. The molecule has 0 bridgehead atoms. The van der Waals surface area contributed by atoms with Crippen molar-refractivity contribution in [1.29, 1.82) is 0 Å². The standard InChI is InChI=1S/2C19H21FO3.C13H12BFO3.C6H10O2/c2*1-3-15(11-19(21)22-2)16-9-17(20)12-18(10-16)23-13-14-7-5-4-6-8-14;15-12-6-11(14(16)17)7-13(8-12)18-9-10-4-2-1-3-5-10;1-3-4-5-6(7)8-2/h2*4-10,12,15H,3,11,13H2,1-2H3;1-8,16-17H,9H2;4-5H,3H2,1-2H3/b;;;5-4+/t2*15-;;/m10../s1. The Morgan fingerprint density at radius 1 is 0.514 bits per heavy atom. The number of esters is 3. The van der Waals surface area contributed by atoms with E-state index in [4.69, 9.17) is 33.7 Å². The van der Waals surface area contributed by atoms with Crippen LogP contribution in [0.5, 0.6) is 17.2 Å². The Labute approximate surface area is 421 Å². The van der Waals surface area contributed by atoms with E-state index in [-0.39, 0.29) is 65.4 Å². The summed E-state index contributed by atoms with van der Waals surface area (Å²) in [4.78, 5) is 33.2. The molecule has 72 heavy (non-hydrogen) atoms. The molecule has 0 radical (unpaired) electrons. The predicted molar refractivity (Wildman–Crippen MR) is 272 cm³/mol. The zero-order valence-corrected chi connectivity index (χ0v) is 41.6. The van der Waals surface area contributed by atoms with E-state index < -0.39 is 12.9 Å². The van der Waals surface area contributed by atoms with Gasteiger partial charge in [0.15, 0.2) is 0 Å². The van der Waals surface area contributed by atoms with Gasteiger partial charge in [-0.3, -0.25) is 9.59 Å². The van der Waals surface area contributed by atoms with E-state index >= 15 is 0 Å². The van der Waals surface area contributed by atoms with E-state index in [2.05, 4.69) is 4.74 Å². The fraction of sp³-hybridized carbons (Fsp3) is 0.281. The van der Waals surface area contributed by atoms with Crippen LogP contribution in [0.15, 0.2) is 158 Å². The molecule has 0 saturated heterocycles. The van der Waals surface area contributed by atoms with E-state index in [1.165, 1.54) is 63.8 Å². The largest absolute Gasteiger partial charge is 0.489 e. The molecule has 0 spiro atoms. The summed E-state index contributed by atoms with van der Waals surface area (Å²) in [6.45, 7) is 6.92. The SMILES string of the molecule is CC/C=C/C(=O)OC.CC[C@@H](CC(=O)OC)c1cc(F)cc(OCc2ccccc2)c1.CC[C@H](CC(=O)OC)c1cc(F)cc(OCc2ccccc2)c1.OB(O)c1cc(F)cc(OCc2ccccc2)c1. The van der Waals surface area contributed by atoms with Crippen molar-refractivity contribution in [2.75, 3.05) is 21.3 Å². The summed E-state index contributed by atoms with van der Waals surface area (Å²) in [6.07, 6.45) is 5.94. The molecule has 382 valence electrons. The number of methoxy groups -OCH3 is 3. The Morgan fingerprint density at radius 2 is 0.875 bits per heavy atom. The van der Waals surface area contributed by atoms with Crippen molar-refractivity contribution in [2.24, 2.45) is 0 Å². The third-order valence-corrected chi connectivity index (χ3v) is 10.6. The van der Waals surface area contributed by atoms with Gasteiger partial charge in [-0.2, -0.15) is 0 Å². The van der Waals surface area contributed by atoms with E-state index in [9.17, 15) is 27.6 Å². The van der Waals surface area contributed by atoms with Gasteiger partial charge in [0.1, 0.15) is 54.5 Å². The summed E-state index contributed by atoms with van der Waals surface area (Å²) in [6, 6.07) is 41.7. The molecular formula is C57H64BF3O11. The van der Waals surface area contributed by atoms with Gasteiger partial charge in [-0.05, 0) is 101 Å². The predicted octanol–water partition coefficient (Wildman–Crippen LogP) is 11.1. The Morgan fingerprint density at radius 3 is 1.19 bits per heavy atom. The average Bonchev–Trinajstić information content (AvgIpc) is 3.40. The maximum absolute atomic E-state index is 13.9. The number of carbonyl (C=O) groups is 3. The number of allylic oxidation sites excluding steroid dienone is 1. The van der Waals surface area contributed by atoms with Gasteiger partial charge < -0.3 is 38.5 Å². The van der Waals surface area contributed by atoms with Gasteiger partial charge in [-0.15, -0.1) is 0 Å². The zero-order chi connectivity index (χ0) is 52.7. The minimum Gasteiger partial charge on any atom is -0.489 e. The Bertz CT molecular complexity index is 2430. The lowest BCUT2D eigenvalue weighted by Crippen LogP contribution is -2.30. The van der Waals surface area contributed by atoms with Gasteiger partial charge in [-0.25, -0.2) is 18.0 Å². The molecule has 0 heterocycles. The van der Waals surface area contributed by atoms with E-state index in [0.29, 0.717) is 31.3 Å². The van der Waals surface area contributed by atoms with Gasteiger partial charge in [0.2, 0.25) is 0 Å². The number of carbonyl (C=O) groups excluding carboxylic acids is 3. The zero-order valence-electron chi connectivity index (χ0n) is 41.6. The molecule has 15 heteroatoms. The van der Waals surface area contributed by atoms with Gasteiger partial charge in [0, 0.05) is 24.3 Å². The van der Waals surface area contributed by atoms with Crippen molar-refractivity contribution in [3.8, 4) is 17.2 Å². The van der Waals surface area contributed by atoms with Crippen molar-refractivity contribution in [3.63, 3.8) is 0 Å². The minimum atomic E-state index is -1.71. The fourth-order valence-electron chi connectivity index (χ4n) is 6.69. The van der Waals surface area contributed by atoms with E-state index in [0.717, 1.165) is 53.1 Å². The van der Waals surface area contributed by atoms with Crippen LogP contribution in [-0.4, -0.2) is 56.4 Å². The highest BCUT2D eigenvalue weighted by atomic mass is 19.1. The van der Waals surface area contributed by atoms with Crippen LogP contribution in [0.25, 0.3) is 0 Å². The highest BCUT2D eigenvalue weighted by Crippen LogP contribution is 2.30. The number of hydrogen-bond donors (Lipinski definition) is 2. The van der Waals surface area contributed by atoms with E-state index in [1.54, 1.807) is 18.2 Å². The first kappa shape index (κ1) is 59.0. The summed E-state index contributed by atoms with van der Waals surface area (Å²) < 4.78 is 71.5. The second-order valence-corrected chi connectivity index (χ2v) is 16.0. The maximum atomic E-state index is 13.9. The smallest absolute Gasteiger partial charge is 0.488 e. The molecular weight excluding hydrogens is 928 g/mol. The van der Waals surface area contributed by atoms with Crippen LogP contribution in [0, 0.1) is 17.5 Å². The highest BCUT2D eigenvalue weighted by molar-refractivity contribution is 6.58. The summed E-state index contributed by atoms with van der Waals surface area (Å²) >= 11 is 0. The molecule has 2 N–H and O–H groups in total. The Hall–Kier alpha value is -7.36. The van der Waals surface area contributed by atoms with Crippen LogP contribution < -0.4 is 19.7 Å². The van der Waals surface area contributed by atoms with Crippen molar-refractivity contribution >= 4 is 30.5 Å². The van der Waals surface area contributed by atoms with Crippen molar-refractivity contribution in [1.82, 2.24) is 0 Å². The molecule has 6 aromatic carbocycles. The molecule has 11 nitrogen and oxygen atoms in total. The van der Waals surface area contributed by atoms with Crippen LogP contribution in [0.2, 0.25) is 0 Å². The van der Waals surface area contributed by atoms with Gasteiger partial charge in [-0.1, -0.05) is 118 Å². The number of halogens is 3. The first-order valence-corrected chi connectivity index (χ1v) is 23.4. The minimum absolute atomic E-state index is 0.0676. The van der Waals surface area contributed by atoms with Crippen LogP contribution >= 0.6 is 0 Å². The molecule has 0 unspecified atom stereocenters. The van der Waals surface area contributed by atoms with Crippen LogP contribution in [0.3, 0.4) is 0 Å². The summed E-state index contributed by atoms with van der Waals surface area (Å²) in [7, 11) is 2.37. The molecule has 0 amide bonds. The fourth-order valence-corrected chi connectivity index (χ4v) is 6.69. The molecule has 0 aromatic heterocycles. The second-order valence-electron chi connectivity index (χ2n) is 16.0. The topological polar surface area (TPSA) is 147 Å². The van der Waals surface area contributed by atoms with Crippen molar-refractivity contribution < 1.29 is 66.0 Å². The van der Waals surface area contributed by atoms with Gasteiger partial charge in [0.25, 0.3) is 0 Å². The van der Waals surface area contributed by atoms with Crippen LogP contribution in [0.1, 0.15) is 92.5 Å². The first-order valence-electron chi connectivity index (χ1n) is 23.4. The van der Waals surface area contributed by atoms with Crippen molar-refractivity contribution in [3.05, 3.63) is 203 Å². The van der Waals surface area contributed by atoms with Crippen LogP contribution in [0.4, 0.5) is 13.2 Å². The summed E-state index contributed by atoms with van der Waals surface area (Å²) in [5.41, 5.74) is 4.55. The monoisotopic (exact) mass is 992 g/mol. The van der Waals surface area contributed by atoms with Crippen molar-refractivity contribution in [2.45, 2.75) is 84.5 Å². The lowest BCUT2D eigenvalue weighted by Gasteiger charge is -2.16. The quantitative estimate of drug-likeness (QED) is 0.0326. The number of ether oxygens (including phenoxy) is 6. The number of rotatable bonds is 20. The molecule has 0 aliphatic heterocycles. The lowest BCUT2D eigenvalue weighted by atomic mass is 9.80. The summed E-state index contributed by atoms with van der Waals surface area (Å²) in [5.74, 6) is -1.16. The molecule has 0 fully saturated rings. The van der Waals surface area contributed by atoms with Gasteiger partial charge >= 0.3 is 25.0 Å². The average molecular weight is 993 g/mol. The Balaban J connectivity index is 0.000000267. The Kier molecular flexibility index (Phi) is 27.2. The molecule has 0 aliphatic rings. The normalized spacial score (nSPS) is 11.2. The second kappa shape index (κ2) is 33.3. The third kappa shape index (κ3) is 23.0. The van der Waals surface area contributed by atoms with Gasteiger partial charge in [0.05, 0.1) is 34.2 Å². The third-order valence-electron chi connectivity index (χ3n) is 10.6. The molecule has 0 aliphatic carbocycles. The lowest BCUT2D eigenvalue weighted by molar-refractivity contribution is -0.142. The first-order chi connectivity index (χ1) is 34.7. The van der Waals surface area contributed by atoms with E-state index in [1.807, 2.05) is 112 Å². The summed E-state index contributed by atoms with van der Waals surface area (Å²) in [5, 5.41) is 18.0. The number of benzene rings is 6. The van der Waals surface area contributed by atoms with Crippen LogP contribution in [-0.2, 0) is 48.4 Å². The molecule has 6 aromatic rings. The molecule has 0 saturated carbocycles. The maximum Gasteiger partial charge on any atom is 0.488 e. The highest BCUT2D eigenvalue weighted by Gasteiger charge is 2.19.